The minimum atomic E-state index is -2.56. The summed E-state index contributed by atoms with van der Waals surface area (Å²) in [7, 11) is 0. The van der Waals surface area contributed by atoms with Crippen LogP contribution < -0.4 is 0 Å². The van der Waals surface area contributed by atoms with E-state index < -0.39 is 13.0 Å². The maximum absolute atomic E-state index is 12.1. The zero-order chi connectivity index (χ0) is 12.1. The lowest BCUT2D eigenvalue weighted by Gasteiger charge is -2.25. The number of alkyl halides is 2. The van der Waals surface area contributed by atoms with E-state index in [1.165, 1.54) is 0 Å². The van der Waals surface area contributed by atoms with Crippen LogP contribution in [-0.2, 0) is 4.79 Å². The lowest BCUT2D eigenvalue weighted by atomic mass is 9.91. The first-order valence-electron chi connectivity index (χ1n) is 4.93. The largest absolute Gasteiger partial charge is 0.395 e. The number of nitrogens with zero attached hydrogens (tertiary/aromatic N) is 1. The van der Waals surface area contributed by atoms with Gasteiger partial charge in [0.1, 0.15) is 0 Å². The maximum Gasteiger partial charge on any atom is 0.255 e. The molecule has 0 saturated carbocycles. The number of halogens is 2. The summed E-state index contributed by atoms with van der Waals surface area (Å²) < 4.78 is 24.3. The molecule has 0 atom stereocenters. The van der Waals surface area contributed by atoms with Crippen LogP contribution in [0.3, 0.4) is 0 Å². The van der Waals surface area contributed by atoms with Gasteiger partial charge in [-0.05, 0) is 5.41 Å². The van der Waals surface area contributed by atoms with E-state index in [-0.39, 0.29) is 30.9 Å². The second kappa shape index (κ2) is 6.00. The molecule has 15 heavy (non-hydrogen) atoms. The molecule has 0 bridgehead atoms. The van der Waals surface area contributed by atoms with E-state index >= 15 is 0 Å². The molecule has 0 aliphatic rings. The molecule has 3 nitrogen and oxygen atoms in total. The predicted molar refractivity (Wildman–Crippen MR) is 53.7 cm³/mol. The minimum Gasteiger partial charge on any atom is -0.395 e. The number of amides is 1. The Bertz CT molecular complexity index is 202. The van der Waals surface area contributed by atoms with Gasteiger partial charge in [-0.3, -0.25) is 4.79 Å². The van der Waals surface area contributed by atoms with E-state index in [9.17, 15) is 13.6 Å². The van der Waals surface area contributed by atoms with Crippen LogP contribution in [0.2, 0.25) is 0 Å². The maximum atomic E-state index is 12.1. The first kappa shape index (κ1) is 14.3. The molecule has 0 unspecified atom stereocenters. The average molecular weight is 223 g/mol. The topological polar surface area (TPSA) is 40.5 Å². The van der Waals surface area contributed by atoms with Crippen molar-refractivity contribution in [1.29, 1.82) is 0 Å². The van der Waals surface area contributed by atoms with Crippen LogP contribution in [0.5, 0.6) is 0 Å². The third kappa shape index (κ3) is 7.25. The molecule has 0 spiro atoms. The highest BCUT2D eigenvalue weighted by atomic mass is 19.3. The van der Waals surface area contributed by atoms with Crippen LogP contribution in [0.1, 0.15) is 27.2 Å². The molecule has 1 amide bonds. The van der Waals surface area contributed by atoms with Crippen molar-refractivity contribution in [3.05, 3.63) is 0 Å². The van der Waals surface area contributed by atoms with E-state index in [2.05, 4.69) is 0 Å². The third-order valence-electron chi connectivity index (χ3n) is 1.76. The van der Waals surface area contributed by atoms with Crippen molar-refractivity contribution in [2.75, 3.05) is 19.7 Å². The molecule has 0 aromatic heterocycles. The summed E-state index contributed by atoms with van der Waals surface area (Å²) >= 11 is 0. The monoisotopic (exact) mass is 223 g/mol. The molecule has 0 aromatic carbocycles. The Hall–Kier alpha value is -0.710. The first-order valence-corrected chi connectivity index (χ1v) is 4.93. The molecule has 0 radical (unpaired) electrons. The summed E-state index contributed by atoms with van der Waals surface area (Å²) in [4.78, 5) is 12.6. The number of rotatable bonds is 5. The number of hydrogen-bond acceptors (Lipinski definition) is 2. The van der Waals surface area contributed by atoms with Crippen LogP contribution in [0.15, 0.2) is 0 Å². The van der Waals surface area contributed by atoms with Gasteiger partial charge in [-0.15, -0.1) is 0 Å². The smallest absolute Gasteiger partial charge is 0.255 e. The molecule has 0 fully saturated rings. The van der Waals surface area contributed by atoms with Crippen LogP contribution in [-0.4, -0.2) is 42.0 Å². The Morgan fingerprint density at radius 1 is 1.40 bits per heavy atom. The Balaban J connectivity index is 4.28. The molecular formula is C10H19F2NO2. The Morgan fingerprint density at radius 2 is 1.93 bits per heavy atom. The average Bonchev–Trinajstić information content (AvgIpc) is 1.99. The standard InChI is InChI=1S/C10H19F2NO2/c1-10(2,3)6-9(15)13(4-5-14)7-8(11)12/h8,14H,4-7H2,1-3H3. The highest BCUT2D eigenvalue weighted by Crippen LogP contribution is 2.20. The highest BCUT2D eigenvalue weighted by molar-refractivity contribution is 5.76. The molecule has 0 heterocycles. The third-order valence-corrected chi connectivity index (χ3v) is 1.76. The lowest BCUT2D eigenvalue weighted by molar-refractivity contribution is -0.135. The zero-order valence-corrected chi connectivity index (χ0v) is 9.46. The molecule has 0 aliphatic heterocycles. The molecule has 0 saturated heterocycles. The summed E-state index contributed by atoms with van der Waals surface area (Å²) in [6.45, 7) is 4.68. The van der Waals surface area contributed by atoms with E-state index in [1.807, 2.05) is 20.8 Å². The molecular weight excluding hydrogens is 204 g/mol. The second-order valence-electron chi connectivity index (χ2n) is 4.69. The van der Waals surface area contributed by atoms with Crippen LogP contribution in [0.25, 0.3) is 0 Å². The van der Waals surface area contributed by atoms with Gasteiger partial charge >= 0.3 is 0 Å². The van der Waals surface area contributed by atoms with Crippen molar-refractivity contribution in [2.45, 2.75) is 33.6 Å². The number of hydrogen-bond donors (Lipinski definition) is 1. The van der Waals surface area contributed by atoms with Crippen molar-refractivity contribution in [3.63, 3.8) is 0 Å². The van der Waals surface area contributed by atoms with Gasteiger partial charge in [0.2, 0.25) is 5.91 Å². The van der Waals surface area contributed by atoms with Crippen LogP contribution in [0, 0.1) is 5.41 Å². The van der Waals surface area contributed by atoms with E-state index in [1.54, 1.807) is 0 Å². The van der Waals surface area contributed by atoms with Crippen LogP contribution in [0.4, 0.5) is 8.78 Å². The summed E-state index contributed by atoms with van der Waals surface area (Å²) in [5, 5.41) is 8.66. The summed E-state index contributed by atoms with van der Waals surface area (Å²) in [6.07, 6.45) is -2.35. The van der Waals surface area contributed by atoms with Gasteiger partial charge in [0.05, 0.1) is 13.2 Å². The molecule has 1 N–H and O–H groups in total. The summed E-state index contributed by atoms with van der Waals surface area (Å²) in [5.74, 6) is -0.336. The lowest BCUT2D eigenvalue weighted by Crippen LogP contribution is -2.38. The summed E-state index contributed by atoms with van der Waals surface area (Å²) in [6, 6.07) is 0. The highest BCUT2D eigenvalue weighted by Gasteiger charge is 2.22. The van der Waals surface area contributed by atoms with Gasteiger partial charge < -0.3 is 10.0 Å². The number of aliphatic hydroxyl groups excluding tert-OH is 1. The fourth-order valence-electron chi connectivity index (χ4n) is 1.17. The van der Waals surface area contributed by atoms with Gasteiger partial charge in [0.15, 0.2) is 0 Å². The van der Waals surface area contributed by atoms with Gasteiger partial charge in [0.25, 0.3) is 6.43 Å². The fraction of sp³-hybridized carbons (Fsp3) is 0.900. The van der Waals surface area contributed by atoms with Crippen molar-refractivity contribution < 1.29 is 18.7 Å². The zero-order valence-electron chi connectivity index (χ0n) is 9.46. The Morgan fingerprint density at radius 3 is 2.27 bits per heavy atom. The number of carbonyl (C=O) groups is 1. The van der Waals surface area contributed by atoms with Gasteiger partial charge in [-0.1, -0.05) is 20.8 Å². The van der Waals surface area contributed by atoms with E-state index in [0.29, 0.717) is 0 Å². The molecule has 0 rings (SSSR count). The molecule has 90 valence electrons. The van der Waals surface area contributed by atoms with Crippen molar-refractivity contribution in [3.8, 4) is 0 Å². The SMILES string of the molecule is CC(C)(C)CC(=O)N(CCO)CC(F)F. The van der Waals surface area contributed by atoms with Crippen molar-refractivity contribution in [1.82, 2.24) is 4.90 Å². The number of aliphatic hydroxyl groups is 1. The second-order valence-corrected chi connectivity index (χ2v) is 4.69. The molecule has 0 aromatic rings. The normalized spacial score (nSPS) is 11.9. The number of carbonyl (C=O) groups excluding carboxylic acids is 1. The van der Waals surface area contributed by atoms with Gasteiger partial charge in [-0.25, -0.2) is 8.78 Å². The van der Waals surface area contributed by atoms with Crippen molar-refractivity contribution >= 4 is 5.91 Å². The predicted octanol–water partition coefficient (Wildman–Crippen LogP) is 1.51. The van der Waals surface area contributed by atoms with Gasteiger partial charge in [0, 0.05) is 13.0 Å². The van der Waals surface area contributed by atoms with E-state index in [4.69, 9.17) is 5.11 Å². The van der Waals surface area contributed by atoms with Gasteiger partial charge in [-0.2, -0.15) is 0 Å². The van der Waals surface area contributed by atoms with Crippen molar-refractivity contribution in [2.24, 2.45) is 5.41 Å². The molecule has 5 heteroatoms. The first-order chi connectivity index (χ1) is 6.76. The Labute approximate surface area is 89.1 Å². The Kier molecular flexibility index (Phi) is 5.72. The van der Waals surface area contributed by atoms with Crippen LogP contribution >= 0.6 is 0 Å². The van der Waals surface area contributed by atoms with E-state index in [0.717, 1.165) is 4.90 Å². The fourth-order valence-corrected chi connectivity index (χ4v) is 1.17. The minimum absolute atomic E-state index is 0.0285. The quantitative estimate of drug-likeness (QED) is 0.767. The molecule has 0 aliphatic carbocycles. The summed E-state index contributed by atoms with van der Waals surface area (Å²) in [5.41, 5.74) is -0.229.